The van der Waals surface area contributed by atoms with E-state index in [1.165, 1.54) is 12.1 Å². The molecule has 18 heavy (non-hydrogen) atoms. The van der Waals surface area contributed by atoms with Gasteiger partial charge in [0.15, 0.2) is 0 Å². The number of halogens is 2. The van der Waals surface area contributed by atoms with E-state index in [1.807, 2.05) is 0 Å². The van der Waals surface area contributed by atoms with Crippen LogP contribution in [0.2, 0.25) is 0 Å². The highest BCUT2D eigenvalue weighted by Gasteiger charge is 2.22. The molecule has 2 N–H and O–H groups in total. The van der Waals surface area contributed by atoms with Crippen LogP contribution in [0, 0.1) is 5.82 Å². The Kier molecular flexibility index (Phi) is 4.37. The van der Waals surface area contributed by atoms with Crippen LogP contribution >= 0.6 is 15.9 Å². The molecule has 1 fully saturated rings. The standard InChI is InChI=1S/C11H14BrFN2O2S/c12-10-6-9(3-4-11(10)13)18(16,17)15-8-2-1-5-14-7-8/h3-4,6,8,14-15H,1-2,5,7H2. The van der Waals surface area contributed by atoms with Gasteiger partial charge in [0.1, 0.15) is 5.82 Å². The molecule has 0 bridgehead atoms. The van der Waals surface area contributed by atoms with Crippen molar-refractivity contribution in [2.24, 2.45) is 0 Å². The van der Waals surface area contributed by atoms with Crippen molar-refractivity contribution < 1.29 is 12.8 Å². The summed E-state index contributed by atoms with van der Waals surface area (Å²) < 4.78 is 40.0. The molecule has 0 aliphatic carbocycles. The zero-order valence-corrected chi connectivity index (χ0v) is 12.0. The Hall–Kier alpha value is -0.500. The third-order valence-electron chi connectivity index (χ3n) is 2.82. The summed E-state index contributed by atoms with van der Waals surface area (Å²) in [5.41, 5.74) is 0. The van der Waals surface area contributed by atoms with E-state index in [-0.39, 0.29) is 15.4 Å². The van der Waals surface area contributed by atoms with Crippen LogP contribution in [0.1, 0.15) is 12.8 Å². The summed E-state index contributed by atoms with van der Waals surface area (Å²) in [6.45, 7) is 1.54. The van der Waals surface area contributed by atoms with E-state index in [2.05, 4.69) is 26.0 Å². The monoisotopic (exact) mass is 336 g/mol. The third kappa shape index (κ3) is 3.28. The predicted octanol–water partition coefficient (Wildman–Crippen LogP) is 1.62. The van der Waals surface area contributed by atoms with Crippen molar-refractivity contribution >= 4 is 26.0 Å². The maximum absolute atomic E-state index is 13.1. The number of benzene rings is 1. The summed E-state index contributed by atoms with van der Waals surface area (Å²) in [5.74, 6) is -0.478. The summed E-state index contributed by atoms with van der Waals surface area (Å²) in [7, 11) is -3.59. The van der Waals surface area contributed by atoms with Gasteiger partial charge in [0.2, 0.25) is 10.0 Å². The average molecular weight is 337 g/mol. The molecule has 0 saturated carbocycles. The fraction of sp³-hybridized carbons (Fsp3) is 0.455. The quantitative estimate of drug-likeness (QED) is 0.881. The Morgan fingerprint density at radius 2 is 2.22 bits per heavy atom. The maximum atomic E-state index is 13.1. The van der Waals surface area contributed by atoms with E-state index in [4.69, 9.17) is 0 Å². The van der Waals surface area contributed by atoms with Crippen LogP contribution in [-0.4, -0.2) is 27.5 Å². The number of hydrogen-bond acceptors (Lipinski definition) is 3. The van der Waals surface area contributed by atoms with Gasteiger partial charge in [0.05, 0.1) is 9.37 Å². The van der Waals surface area contributed by atoms with Gasteiger partial charge in [-0.15, -0.1) is 0 Å². The van der Waals surface area contributed by atoms with Gasteiger partial charge in [0, 0.05) is 12.6 Å². The van der Waals surface area contributed by atoms with Crippen LogP contribution in [0.5, 0.6) is 0 Å². The van der Waals surface area contributed by atoms with Crippen molar-refractivity contribution in [2.75, 3.05) is 13.1 Å². The Morgan fingerprint density at radius 3 is 2.83 bits per heavy atom. The third-order valence-corrected chi connectivity index (χ3v) is 4.95. The molecule has 1 aliphatic rings. The minimum atomic E-state index is -3.59. The molecule has 1 atom stereocenters. The molecule has 0 radical (unpaired) electrons. The highest BCUT2D eigenvalue weighted by atomic mass is 79.9. The number of sulfonamides is 1. The Labute approximate surface area is 114 Å². The molecule has 1 heterocycles. The van der Waals surface area contributed by atoms with Gasteiger partial charge in [-0.05, 0) is 53.5 Å². The van der Waals surface area contributed by atoms with E-state index in [1.54, 1.807) is 0 Å². The summed E-state index contributed by atoms with van der Waals surface area (Å²) in [4.78, 5) is 0.0707. The summed E-state index contributed by atoms with van der Waals surface area (Å²) in [5, 5.41) is 3.13. The van der Waals surface area contributed by atoms with Gasteiger partial charge in [-0.3, -0.25) is 0 Å². The minimum Gasteiger partial charge on any atom is -0.315 e. The van der Waals surface area contributed by atoms with Crippen LogP contribution in [0.25, 0.3) is 0 Å². The fourth-order valence-corrected chi connectivity index (χ4v) is 3.71. The highest BCUT2D eigenvalue weighted by molar-refractivity contribution is 9.10. The Bertz CT molecular complexity index is 530. The summed E-state index contributed by atoms with van der Waals surface area (Å²) >= 11 is 2.98. The number of nitrogens with one attached hydrogen (secondary N) is 2. The molecular formula is C11H14BrFN2O2S. The zero-order chi connectivity index (χ0) is 13.2. The van der Waals surface area contributed by atoms with E-state index in [0.717, 1.165) is 25.5 Å². The van der Waals surface area contributed by atoms with Crippen LogP contribution in [0.3, 0.4) is 0 Å². The van der Waals surface area contributed by atoms with E-state index in [9.17, 15) is 12.8 Å². The van der Waals surface area contributed by atoms with Crippen LogP contribution in [-0.2, 0) is 10.0 Å². The molecule has 7 heteroatoms. The van der Waals surface area contributed by atoms with Crippen molar-refractivity contribution in [3.63, 3.8) is 0 Å². The maximum Gasteiger partial charge on any atom is 0.240 e. The number of rotatable bonds is 3. The SMILES string of the molecule is O=S(=O)(NC1CCCNC1)c1ccc(F)c(Br)c1. The topological polar surface area (TPSA) is 58.2 Å². The predicted molar refractivity (Wildman–Crippen MR) is 70.3 cm³/mol. The van der Waals surface area contributed by atoms with Gasteiger partial charge in [-0.1, -0.05) is 0 Å². The normalized spacial score (nSPS) is 20.9. The largest absolute Gasteiger partial charge is 0.315 e. The van der Waals surface area contributed by atoms with E-state index < -0.39 is 15.8 Å². The van der Waals surface area contributed by atoms with Crippen LogP contribution in [0.4, 0.5) is 4.39 Å². The van der Waals surface area contributed by atoms with Gasteiger partial charge < -0.3 is 5.32 Å². The minimum absolute atomic E-state index is 0.0707. The molecule has 4 nitrogen and oxygen atoms in total. The molecule has 2 rings (SSSR count). The second kappa shape index (κ2) is 5.64. The summed E-state index contributed by atoms with van der Waals surface area (Å²) in [6, 6.07) is 3.57. The highest BCUT2D eigenvalue weighted by Crippen LogP contribution is 2.20. The van der Waals surface area contributed by atoms with Crippen molar-refractivity contribution in [3.05, 3.63) is 28.5 Å². The first-order chi connectivity index (χ1) is 8.49. The molecule has 0 amide bonds. The fourth-order valence-electron chi connectivity index (χ4n) is 1.88. The lowest BCUT2D eigenvalue weighted by atomic mass is 10.1. The lowest BCUT2D eigenvalue weighted by Crippen LogP contribution is -2.45. The first kappa shape index (κ1) is 13.9. The first-order valence-corrected chi connectivity index (χ1v) is 7.95. The van der Waals surface area contributed by atoms with Crippen LogP contribution in [0.15, 0.2) is 27.6 Å². The molecule has 1 aliphatic heterocycles. The van der Waals surface area contributed by atoms with Gasteiger partial charge in [0.25, 0.3) is 0 Å². The Balaban J connectivity index is 2.16. The zero-order valence-electron chi connectivity index (χ0n) is 9.62. The van der Waals surface area contributed by atoms with Crippen molar-refractivity contribution in [3.8, 4) is 0 Å². The smallest absolute Gasteiger partial charge is 0.240 e. The number of hydrogen-bond donors (Lipinski definition) is 2. The van der Waals surface area contributed by atoms with Crippen molar-refractivity contribution in [1.29, 1.82) is 0 Å². The van der Waals surface area contributed by atoms with Crippen molar-refractivity contribution in [1.82, 2.24) is 10.0 Å². The Morgan fingerprint density at radius 1 is 1.44 bits per heavy atom. The second-order valence-corrected chi connectivity index (χ2v) is 6.81. The second-order valence-electron chi connectivity index (χ2n) is 4.24. The lowest BCUT2D eigenvalue weighted by molar-refractivity contribution is 0.428. The van der Waals surface area contributed by atoms with Gasteiger partial charge in [-0.2, -0.15) is 0 Å². The number of piperidine rings is 1. The molecule has 0 aromatic heterocycles. The van der Waals surface area contributed by atoms with Gasteiger partial charge >= 0.3 is 0 Å². The molecule has 1 unspecified atom stereocenters. The lowest BCUT2D eigenvalue weighted by Gasteiger charge is -2.23. The molecule has 1 aromatic carbocycles. The molecular weight excluding hydrogens is 323 g/mol. The van der Waals surface area contributed by atoms with E-state index in [0.29, 0.717) is 6.54 Å². The molecule has 0 spiro atoms. The summed E-state index contributed by atoms with van der Waals surface area (Å²) in [6.07, 6.45) is 1.76. The van der Waals surface area contributed by atoms with Crippen LogP contribution < -0.4 is 10.0 Å². The van der Waals surface area contributed by atoms with Crippen molar-refractivity contribution in [2.45, 2.75) is 23.8 Å². The first-order valence-electron chi connectivity index (χ1n) is 5.67. The molecule has 100 valence electrons. The average Bonchev–Trinajstić information content (AvgIpc) is 2.33. The molecule has 1 aromatic rings. The molecule has 1 saturated heterocycles. The van der Waals surface area contributed by atoms with Gasteiger partial charge in [-0.25, -0.2) is 17.5 Å². The van der Waals surface area contributed by atoms with E-state index >= 15 is 0 Å².